The molecule has 116 valence electrons. The number of hydrogen-bond donors (Lipinski definition) is 2. The van der Waals surface area contributed by atoms with Gasteiger partial charge < -0.3 is 10.6 Å². The molecular formula is C14H21N3O3S. The van der Waals surface area contributed by atoms with Gasteiger partial charge in [-0.25, -0.2) is 13.4 Å². The topological polar surface area (TPSA) is 88.2 Å². The summed E-state index contributed by atoms with van der Waals surface area (Å²) >= 11 is 0. The second-order valence-electron chi connectivity index (χ2n) is 5.33. The Morgan fingerprint density at radius 3 is 2.81 bits per heavy atom. The van der Waals surface area contributed by atoms with E-state index in [2.05, 4.69) is 15.6 Å². The molecule has 0 spiro atoms. The zero-order valence-corrected chi connectivity index (χ0v) is 12.9. The molecule has 1 aliphatic heterocycles. The molecule has 1 atom stereocenters. The molecule has 1 aromatic rings. The van der Waals surface area contributed by atoms with Crippen molar-refractivity contribution in [2.75, 3.05) is 22.1 Å². The van der Waals surface area contributed by atoms with Crippen molar-refractivity contribution in [1.29, 1.82) is 0 Å². The summed E-state index contributed by atoms with van der Waals surface area (Å²) in [6, 6.07) is 3.46. The third-order valence-electron chi connectivity index (χ3n) is 3.39. The lowest BCUT2D eigenvalue weighted by Crippen LogP contribution is -2.20. The van der Waals surface area contributed by atoms with Gasteiger partial charge in [-0.1, -0.05) is 13.3 Å². The first kappa shape index (κ1) is 15.8. The summed E-state index contributed by atoms with van der Waals surface area (Å²) < 4.78 is 22.8. The highest BCUT2D eigenvalue weighted by atomic mass is 32.2. The summed E-state index contributed by atoms with van der Waals surface area (Å²) in [5.74, 6) is 0.888. The van der Waals surface area contributed by atoms with Gasteiger partial charge in [0.2, 0.25) is 5.91 Å². The highest BCUT2D eigenvalue weighted by molar-refractivity contribution is 7.91. The minimum absolute atomic E-state index is 0.0352. The first-order valence-electron chi connectivity index (χ1n) is 7.21. The second-order valence-corrected chi connectivity index (χ2v) is 7.56. The Bertz CT molecular complexity index is 584. The SMILES string of the molecule is CCCCC(=O)Nc1ccc(NC2CCS(=O)(=O)C2)cn1. The molecule has 6 nitrogen and oxygen atoms in total. The van der Waals surface area contributed by atoms with E-state index in [0.29, 0.717) is 18.7 Å². The van der Waals surface area contributed by atoms with Crippen molar-refractivity contribution in [2.45, 2.75) is 38.6 Å². The van der Waals surface area contributed by atoms with Gasteiger partial charge in [0.15, 0.2) is 9.84 Å². The summed E-state index contributed by atoms with van der Waals surface area (Å²) in [7, 11) is -2.89. The molecule has 1 aromatic heterocycles. The molecule has 2 N–H and O–H groups in total. The van der Waals surface area contributed by atoms with Crippen LogP contribution in [-0.2, 0) is 14.6 Å². The van der Waals surface area contributed by atoms with Gasteiger partial charge in [0.1, 0.15) is 5.82 Å². The molecular weight excluding hydrogens is 290 g/mol. The van der Waals surface area contributed by atoms with Crippen LogP contribution >= 0.6 is 0 Å². The molecule has 1 unspecified atom stereocenters. The van der Waals surface area contributed by atoms with Crippen molar-refractivity contribution >= 4 is 27.2 Å². The fourth-order valence-electron chi connectivity index (χ4n) is 2.24. The third kappa shape index (κ3) is 5.00. The lowest BCUT2D eigenvalue weighted by molar-refractivity contribution is -0.116. The Kier molecular flexibility index (Phi) is 5.17. The minimum atomic E-state index is -2.89. The number of aromatic nitrogens is 1. The monoisotopic (exact) mass is 311 g/mol. The number of nitrogens with one attached hydrogen (secondary N) is 2. The van der Waals surface area contributed by atoms with Crippen molar-refractivity contribution in [2.24, 2.45) is 0 Å². The van der Waals surface area contributed by atoms with Crippen molar-refractivity contribution in [1.82, 2.24) is 4.98 Å². The lowest BCUT2D eigenvalue weighted by Gasteiger charge is -2.12. The second kappa shape index (κ2) is 6.89. The lowest BCUT2D eigenvalue weighted by atomic mass is 10.2. The normalized spacial score (nSPS) is 20.1. The average Bonchev–Trinajstić information content (AvgIpc) is 2.78. The molecule has 0 aliphatic carbocycles. The van der Waals surface area contributed by atoms with Crippen LogP contribution in [0.2, 0.25) is 0 Å². The van der Waals surface area contributed by atoms with Gasteiger partial charge in [0, 0.05) is 12.5 Å². The van der Waals surface area contributed by atoms with Crippen LogP contribution < -0.4 is 10.6 Å². The van der Waals surface area contributed by atoms with E-state index < -0.39 is 9.84 Å². The van der Waals surface area contributed by atoms with Gasteiger partial charge in [-0.05, 0) is 25.0 Å². The molecule has 0 aromatic carbocycles. The van der Waals surface area contributed by atoms with Gasteiger partial charge in [0.25, 0.3) is 0 Å². The number of pyridine rings is 1. The Morgan fingerprint density at radius 1 is 1.43 bits per heavy atom. The Hall–Kier alpha value is -1.63. The Labute approximate surface area is 125 Å². The van der Waals surface area contributed by atoms with Crippen LogP contribution in [0.15, 0.2) is 18.3 Å². The number of sulfone groups is 1. The molecule has 1 aliphatic rings. The van der Waals surface area contributed by atoms with E-state index in [9.17, 15) is 13.2 Å². The van der Waals surface area contributed by atoms with Gasteiger partial charge in [-0.3, -0.25) is 4.79 Å². The van der Waals surface area contributed by atoms with Crippen molar-refractivity contribution in [3.63, 3.8) is 0 Å². The predicted molar refractivity (Wildman–Crippen MR) is 83.1 cm³/mol. The van der Waals surface area contributed by atoms with Gasteiger partial charge in [-0.2, -0.15) is 0 Å². The molecule has 0 bridgehead atoms. The van der Waals surface area contributed by atoms with E-state index in [4.69, 9.17) is 0 Å². The van der Waals surface area contributed by atoms with Crippen LogP contribution in [0, 0.1) is 0 Å². The Balaban J connectivity index is 1.86. The van der Waals surface area contributed by atoms with Crippen LogP contribution in [0.1, 0.15) is 32.6 Å². The standard InChI is InChI=1S/C14H21N3O3S/c1-2-3-4-14(18)17-13-6-5-11(9-15-13)16-12-7-8-21(19,20)10-12/h5-6,9,12,16H,2-4,7-8,10H2,1H3,(H,15,17,18). The smallest absolute Gasteiger partial charge is 0.225 e. The number of carbonyl (C=O) groups excluding carboxylic acids is 1. The van der Waals surface area contributed by atoms with Crippen LogP contribution in [0.5, 0.6) is 0 Å². The van der Waals surface area contributed by atoms with Crippen LogP contribution in [0.25, 0.3) is 0 Å². The molecule has 2 heterocycles. The van der Waals surface area contributed by atoms with Gasteiger partial charge >= 0.3 is 0 Å². The summed E-state index contributed by atoms with van der Waals surface area (Å²) in [6.07, 6.45) is 4.58. The largest absolute Gasteiger partial charge is 0.380 e. The summed E-state index contributed by atoms with van der Waals surface area (Å²) in [5.41, 5.74) is 0.767. The molecule has 0 radical (unpaired) electrons. The molecule has 1 amide bonds. The van der Waals surface area contributed by atoms with E-state index in [1.807, 2.05) is 6.92 Å². The van der Waals surface area contributed by atoms with E-state index >= 15 is 0 Å². The van der Waals surface area contributed by atoms with E-state index in [1.54, 1.807) is 18.3 Å². The van der Waals surface area contributed by atoms with Crippen molar-refractivity contribution < 1.29 is 13.2 Å². The zero-order chi connectivity index (χ0) is 15.3. The summed E-state index contributed by atoms with van der Waals surface area (Å²) in [5, 5.41) is 5.89. The number of anilines is 2. The molecule has 21 heavy (non-hydrogen) atoms. The van der Waals surface area contributed by atoms with Crippen LogP contribution in [0.4, 0.5) is 11.5 Å². The quantitative estimate of drug-likeness (QED) is 0.836. The summed E-state index contributed by atoms with van der Waals surface area (Å²) in [4.78, 5) is 15.7. The fourth-order valence-corrected chi connectivity index (χ4v) is 3.91. The van der Waals surface area contributed by atoms with E-state index in [1.165, 1.54) is 0 Å². The first-order chi connectivity index (χ1) is 9.98. The molecule has 2 rings (SSSR count). The predicted octanol–water partition coefficient (Wildman–Crippen LogP) is 1.81. The first-order valence-corrected chi connectivity index (χ1v) is 9.03. The molecule has 0 saturated carbocycles. The number of nitrogens with zero attached hydrogens (tertiary/aromatic N) is 1. The Morgan fingerprint density at radius 2 is 2.24 bits per heavy atom. The van der Waals surface area contributed by atoms with Crippen molar-refractivity contribution in [3.8, 4) is 0 Å². The highest BCUT2D eigenvalue weighted by Gasteiger charge is 2.27. The van der Waals surface area contributed by atoms with E-state index in [0.717, 1.165) is 18.5 Å². The number of rotatable bonds is 6. The molecule has 1 saturated heterocycles. The third-order valence-corrected chi connectivity index (χ3v) is 5.16. The highest BCUT2D eigenvalue weighted by Crippen LogP contribution is 2.18. The van der Waals surface area contributed by atoms with Crippen molar-refractivity contribution in [3.05, 3.63) is 18.3 Å². The molecule has 1 fully saturated rings. The number of hydrogen-bond acceptors (Lipinski definition) is 5. The minimum Gasteiger partial charge on any atom is -0.380 e. The zero-order valence-electron chi connectivity index (χ0n) is 12.1. The number of amides is 1. The molecule has 7 heteroatoms. The number of unbranched alkanes of at least 4 members (excludes halogenated alkanes) is 1. The fraction of sp³-hybridized carbons (Fsp3) is 0.571. The van der Waals surface area contributed by atoms with E-state index in [-0.39, 0.29) is 23.5 Å². The summed E-state index contributed by atoms with van der Waals surface area (Å²) in [6.45, 7) is 2.04. The average molecular weight is 311 g/mol. The van der Waals surface area contributed by atoms with Crippen LogP contribution in [-0.4, -0.2) is 36.9 Å². The maximum atomic E-state index is 11.6. The maximum absolute atomic E-state index is 11.6. The number of carbonyl (C=O) groups is 1. The van der Waals surface area contributed by atoms with Gasteiger partial charge in [0.05, 0.1) is 23.4 Å². The maximum Gasteiger partial charge on any atom is 0.225 e. The van der Waals surface area contributed by atoms with Crippen LogP contribution in [0.3, 0.4) is 0 Å². The van der Waals surface area contributed by atoms with Gasteiger partial charge in [-0.15, -0.1) is 0 Å².